The first-order valence-corrected chi connectivity index (χ1v) is 7.52. The van der Waals surface area contributed by atoms with Gasteiger partial charge in [0.05, 0.1) is 6.61 Å². The van der Waals surface area contributed by atoms with Crippen molar-refractivity contribution in [1.82, 2.24) is 5.32 Å². The predicted octanol–water partition coefficient (Wildman–Crippen LogP) is 4.19. The van der Waals surface area contributed by atoms with Crippen LogP contribution >= 0.6 is 23.2 Å². The highest BCUT2D eigenvalue weighted by molar-refractivity contribution is 6.33. The second-order valence-electron chi connectivity index (χ2n) is 4.91. The largest absolute Gasteiger partial charge is 0.383 e. The molecule has 0 aliphatic heterocycles. The van der Waals surface area contributed by atoms with E-state index in [1.54, 1.807) is 7.11 Å². The van der Waals surface area contributed by atoms with Gasteiger partial charge in [0.1, 0.15) is 0 Å². The highest BCUT2D eigenvalue weighted by atomic mass is 35.5. The molecule has 1 atom stereocenters. The van der Waals surface area contributed by atoms with E-state index < -0.39 is 0 Å². The monoisotopic (exact) mass is 303 g/mol. The molecule has 0 fully saturated rings. The summed E-state index contributed by atoms with van der Waals surface area (Å²) in [5, 5.41) is 4.94. The van der Waals surface area contributed by atoms with E-state index in [-0.39, 0.29) is 0 Å². The Bertz CT molecular complexity index is 371. The second kappa shape index (κ2) is 9.60. The lowest BCUT2D eigenvalue weighted by atomic mass is 9.98. The zero-order chi connectivity index (χ0) is 14.1. The normalized spacial score (nSPS) is 12.6. The summed E-state index contributed by atoms with van der Waals surface area (Å²) >= 11 is 12.1. The molecule has 108 valence electrons. The van der Waals surface area contributed by atoms with Crippen LogP contribution in [0.25, 0.3) is 0 Å². The maximum absolute atomic E-state index is 6.16. The number of hydrogen-bond donors (Lipinski definition) is 1. The van der Waals surface area contributed by atoms with E-state index in [1.165, 1.54) is 6.42 Å². The van der Waals surface area contributed by atoms with Crippen LogP contribution in [0.1, 0.15) is 25.3 Å². The molecule has 0 radical (unpaired) electrons. The first kappa shape index (κ1) is 16.8. The van der Waals surface area contributed by atoms with Gasteiger partial charge in [-0.1, -0.05) is 30.1 Å². The number of rotatable bonds is 9. The van der Waals surface area contributed by atoms with Crippen LogP contribution in [0.15, 0.2) is 18.2 Å². The van der Waals surface area contributed by atoms with Crippen molar-refractivity contribution in [1.29, 1.82) is 0 Å². The van der Waals surface area contributed by atoms with Gasteiger partial charge in [0, 0.05) is 23.7 Å². The Hall–Kier alpha value is -0.280. The van der Waals surface area contributed by atoms with Crippen molar-refractivity contribution in [3.8, 4) is 0 Å². The summed E-state index contributed by atoms with van der Waals surface area (Å²) in [6, 6.07) is 5.67. The highest BCUT2D eigenvalue weighted by Gasteiger charge is 2.06. The zero-order valence-electron chi connectivity index (χ0n) is 11.7. The standard InChI is InChI=1S/C15H23Cl2NO/c1-12(7-8-18-9-10-19-2)3-4-13-11-14(16)5-6-15(13)17/h5-6,11-12,18H,3-4,7-10H2,1-2H3. The van der Waals surface area contributed by atoms with Gasteiger partial charge in [-0.25, -0.2) is 0 Å². The van der Waals surface area contributed by atoms with Crippen LogP contribution in [-0.2, 0) is 11.2 Å². The molecule has 1 rings (SSSR count). The minimum absolute atomic E-state index is 0.671. The van der Waals surface area contributed by atoms with Crippen molar-refractivity contribution in [2.75, 3.05) is 26.8 Å². The molecule has 0 bridgehead atoms. The van der Waals surface area contributed by atoms with Gasteiger partial charge in [-0.3, -0.25) is 0 Å². The van der Waals surface area contributed by atoms with Crippen LogP contribution in [0.4, 0.5) is 0 Å². The SMILES string of the molecule is COCCNCCC(C)CCc1cc(Cl)ccc1Cl. The number of halogens is 2. The maximum Gasteiger partial charge on any atom is 0.0587 e. The number of hydrogen-bond acceptors (Lipinski definition) is 2. The van der Waals surface area contributed by atoms with Gasteiger partial charge in [0.25, 0.3) is 0 Å². The smallest absolute Gasteiger partial charge is 0.0587 e. The Morgan fingerprint density at radius 1 is 1.21 bits per heavy atom. The van der Waals surface area contributed by atoms with Crippen LogP contribution in [0.2, 0.25) is 10.0 Å². The van der Waals surface area contributed by atoms with Crippen molar-refractivity contribution in [3.05, 3.63) is 33.8 Å². The minimum Gasteiger partial charge on any atom is -0.383 e. The Morgan fingerprint density at radius 3 is 2.74 bits per heavy atom. The number of methoxy groups -OCH3 is 1. The molecule has 0 aliphatic rings. The molecule has 19 heavy (non-hydrogen) atoms. The summed E-state index contributed by atoms with van der Waals surface area (Å²) < 4.78 is 4.99. The topological polar surface area (TPSA) is 21.3 Å². The van der Waals surface area contributed by atoms with E-state index in [2.05, 4.69) is 12.2 Å². The van der Waals surface area contributed by atoms with Crippen LogP contribution < -0.4 is 5.32 Å². The molecule has 0 aliphatic carbocycles. The molecule has 1 aromatic carbocycles. The van der Waals surface area contributed by atoms with Crippen LogP contribution in [0.3, 0.4) is 0 Å². The molecular weight excluding hydrogens is 281 g/mol. The fourth-order valence-corrected chi connectivity index (χ4v) is 2.34. The first-order valence-electron chi connectivity index (χ1n) is 6.77. The molecule has 1 N–H and O–H groups in total. The third kappa shape index (κ3) is 7.17. The van der Waals surface area contributed by atoms with Crippen LogP contribution in [0.5, 0.6) is 0 Å². The molecule has 2 nitrogen and oxygen atoms in total. The van der Waals surface area contributed by atoms with Crippen molar-refractivity contribution in [3.63, 3.8) is 0 Å². The number of aryl methyl sites for hydroxylation is 1. The Morgan fingerprint density at radius 2 is 2.00 bits per heavy atom. The van der Waals surface area contributed by atoms with E-state index in [9.17, 15) is 0 Å². The van der Waals surface area contributed by atoms with E-state index in [1.807, 2.05) is 18.2 Å². The third-order valence-corrected chi connectivity index (χ3v) is 3.81. The van der Waals surface area contributed by atoms with Crippen molar-refractivity contribution in [2.24, 2.45) is 5.92 Å². The van der Waals surface area contributed by atoms with Gasteiger partial charge < -0.3 is 10.1 Å². The Kier molecular flexibility index (Phi) is 8.47. The molecule has 1 unspecified atom stereocenters. The summed E-state index contributed by atoms with van der Waals surface area (Å²) in [4.78, 5) is 0. The van der Waals surface area contributed by atoms with Gasteiger partial charge in [0.2, 0.25) is 0 Å². The van der Waals surface area contributed by atoms with Crippen LogP contribution in [-0.4, -0.2) is 26.8 Å². The Labute approximate surface area is 126 Å². The quantitative estimate of drug-likeness (QED) is 0.691. The van der Waals surface area contributed by atoms with Crippen LogP contribution in [0, 0.1) is 5.92 Å². The molecule has 4 heteroatoms. The molecular formula is C15H23Cl2NO. The third-order valence-electron chi connectivity index (χ3n) is 3.21. The fraction of sp³-hybridized carbons (Fsp3) is 0.600. The van der Waals surface area contributed by atoms with Crippen molar-refractivity contribution < 1.29 is 4.74 Å². The highest BCUT2D eigenvalue weighted by Crippen LogP contribution is 2.23. The lowest BCUT2D eigenvalue weighted by Crippen LogP contribution is -2.21. The van der Waals surface area contributed by atoms with E-state index in [0.29, 0.717) is 5.92 Å². The summed E-state index contributed by atoms with van der Waals surface area (Å²) in [7, 11) is 1.72. The predicted molar refractivity (Wildman–Crippen MR) is 83.3 cm³/mol. The molecule has 0 saturated carbocycles. The molecule has 0 heterocycles. The van der Waals surface area contributed by atoms with Gasteiger partial charge in [0.15, 0.2) is 0 Å². The van der Waals surface area contributed by atoms with E-state index in [4.69, 9.17) is 27.9 Å². The zero-order valence-corrected chi connectivity index (χ0v) is 13.2. The van der Waals surface area contributed by atoms with Gasteiger partial charge in [-0.15, -0.1) is 0 Å². The molecule has 0 aromatic heterocycles. The fourth-order valence-electron chi connectivity index (χ4n) is 1.93. The molecule has 0 spiro atoms. The number of ether oxygens (including phenoxy) is 1. The first-order chi connectivity index (χ1) is 9.13. The van der Waals surface area contributed by atoms with Gasteiger partial charge in [-0.05, 0) is 55.5 Å². The summed E-state index contributed by atoms with van der Waals surface area (Å²) in [6.45, 7) is 5.00. The van der Waals surface area contributed by atoms with Crippen molar-refractivity contribution in [2.45, 2.75) is 26.2 Å². The number of nitrogens with one attached hydrogen (secondary N) is 1. The molecule has 0 amide bonds. The van der Waals surface area contributed by atoms with Gasteiger partial charge in [-0.2, -0.15) is 0 Å². The average Bonchev–Trinajstić information content (AvgIpc) is 2.39. The Balaban J connectivity index is 2.22. The lowest BCUT2D eigenvalue weighted by Gasteiger charge is -2.12. The maximum atomic E-state index is 6.16. The molecule has 1 aromatic rings. The summed E-state index contributed by atoms with van der Waals surface area (Å²) in [6.07, 6.45) is 3.28. The summed E-state index contributed by atoms with van der Waals surface area (Å²) in [5.41, 5.74) is 1.15. The van der Waals surface area contributed by atoms with Gasteiger partial charge >= 0.3 is 0 Å². The van der Waals surface area contributed by atoms with Crippen molar-refractivity contribution >= 4 is 23.2 Å². The van der Waals surface area contributed by atoms with E-state index in [0.717, 1.165) is 48.1 Å². The summed E-state index contributed by atoms with van der Waals surface area (Å²) in [5.74, 6) is 0.671. The average molecular weight is 304 g/mol. The number of benzene rings is 1. The lowest BCUT2D eigenvalue weighted by molar-refractivity contribution is 0.199. The minimum atomic E-state index is 0.671. The molecule has 0 saturated heterocycles. The second-order valence-corrected chi connectivity index (χ2v) is 5.75. The van der Waals surface area contributed by atoms with E-state index >= 15 is 0 Å².